The molecule has 5 nitrogen and oxygen atoms in total. The van der Waals surface area contributed by atoms with E-state index in [9.17, 15) is 9.90 Å². The van der Waals surface area contributed by atoms with E-state index in [0.29, 0.717) is 33.6 Å². The van der Waals surface area contributed by atoms with Gasteiger partial charge in [-0.3, -0.25) is 0 Å². The molecule has 3 atom stereocenters. The summed E-state index contributed by atoms with van der Waals surface area (Å²) in [6.45, 7) is 7.80. The van der Waals surface area contributed by atoms with Gasteiger partial charge in [0.05, 0.1) is 22.6 Å². The molecule has 0 fully saturated rings. The maximum Gasteiger partial charge on any atom is 0.336 e. The fourth-order valence-corrected chi connectivity index (χ4v) is 4.29. The van der Waals surface area contributed by atoms with Crippen molar-refractivity contribution in [3.63, 3.8) is 0 Å². The molecule has 0 bridgehead atoms. The van der Waals surface area contributed by atoms with Crippen LogP contribution in [0.2, 0.25) is 0 Å². The van der Waals surface area contributed by atoms with E-state index in [0.717, 1.165) is 11.1 Å². The van der Waals surface area contributed by atoms with Crippen LogP contribution in [0.3, 0.4) is 0 Å². The van der Waals surface area contributed by atoms with Crippen molar-refractivity contribution in [1.82, 2.24) is 0 Å². The molecule has 0 saturated carbocycles. The first-order valence-electron chi connectivity index (χ1n) is 10.2. The monoisotopic (exact) mass is 404 g/mol. The lowest BCUT2D eigenvalue weighted by atomic mass is 9.84. The van der Waals surface area contributed by atoms with Crippen LogP contribution in [0, 0.1) is 5.92 Å². The van der Waals surface area contributed by atoms with Crippen molar-refractivity contribution in [2.45, 2.75) is 45.5 Å². The number of aliphatic hydroxyl groups excluding tert-OH is 1. The standard InChI is InChI=1S/C25H24O5/c1-13-14(2)28-22-16-10-11-25(3,4)30-23(16)19-17(15-8-6-5-7-9-15)12-18(26)29-24(19)20(22)21(13)27/h5-14,21,27H,1-4H3/t13-,14+,21-/m0/s1. The minimum atomic E-state index is -0.825. The zero-order valence-electron chi connectivity index (χ0n) is 17.4. The summed E-state index contributed by atoms with van der Waals surface area (Å²) in [5, 5.41) is 11.8. The van der Waals surface area contributed by atoms with E-state index in [1.807, 2.05) is 70.2 Å². The van der Waals surface area contributed by atoms with Crippen LogP contribution in [-0.2, 0) is 0 Å². The van der Waals surface area contributed by atoms with Gasteiger partial charge in [-0.2, -0.15) is 0 Å². The Morgan fingerprint density at radius 3 is 2.53 bits per heavy atom. The molecule has 2 aliphatic heterocycles. The molecule has 1 aromatic heterocycles. The average Bonchev–Trinajstić information content (AvgIpc) is 2.71. The molecule has 0 saturated heterocycles. The second-order valence-corrected chi connectivity index (χ2v) is 8.70. The Balaban J connectivity index is 1.97. The molecule has 5 rings (SSSR count). The number of benzene rings is 2. The molecule has 1 N–H and O–H groups in total. The van der Waals surface area contributed by atoms with Crippen molar-refractivity contribution < 1.29 is 19.0 Å². The van der Waals surface area contributed by atoms with Crippen LogP contribution in [0.15, 0.2) is 51.7 Å². The molecule has 3 heterocycles. The van der Waals surface area contributed by atoms with Crippen LogP contribution < -0.4 is 15.1 Å². The molecular formula is C25H24O5. The van der Waals surface area contributed by atoms with E-state index in [1.54, 1.807) is 0 Å². The van der Waals surface area contributed by atoms with Crippen LogP contribution in [0.1, 0.15) is 44.9 Å². The minimum absolute atomic E-state index is 0.158. The Kier molecular flexibility index (Phi) is 4.09. The van der Waals surface area contributed by atoms with Crippen LogP contribution in [0.5, 0.6) is 11.5 Å². The molecule has 0 radical (unpaired) electrons. The Hall–Kier alpha value is -3.05. The lowest BCUT2D eigenvalue weighted by Gasteiger charge is -2.37. The average molecular weight is 404 g/mol. The Bertz CT molecular complexity index is 1240. The van der Waals surface area contributed by atoms with E-state index in [4.69, 9.17) is 13.9 Å². The van der Waals surface area contributed by atoms with Crippen molar-refractivity contribution in [1.29, 1.82) is 0 Å². The van der Waals surface area contributed by atoms with Gasteiger partial charge in [-0.05, 0) is 38.5 Å². The summed E-state index contributed by atoms with van der Waals surface area (Å²) in [5.41, 5.74) is 2.18. The molecule has 0 aliphatic carbocycles. The normalized spacial score (nSPS) is 24.0. The van der Waals surface area contributed by atoms with E-state index in [2.05, 4.69) is 0 Å². The highest BCUT2D eigenvalue weighted by Crippen LogP contribution is 2.53. The molecule has 3 aromatic rings. The van der Waals surface area contributed by atoms with Crippen molar-refractivity contribution >= 4 is 17.0 Å². The predicted molar refractivity (Wildman–Crippen MR) is 116 cm³/mol. The molecule has 0 spiro atoms. The third-order valence-corrected chi connectivity index (χ3v) is 6.11. The maximum atomic E-state index is 12.6. The van der Waals surface area contributed by atoms with E-state index < -0.39 is 17.3 Å². The smallest absolute Gasteiger partial charge is 0.336 e. The first-order chi connectivity index (χ1) is 14.3. The number of fused-ring (bicyclic) bond motifs is 6. The topological polar surface area (TPSA) is 68.9 Å². The third kappa shape index (κ3) is 2.76. The highest BCUT2D eigenvalue weighted by atomic mass is 16.5. The molecule has 2 aromatic carbocycles. The third-order valence-electron chi connectivity index (χ3n) is 6.11. The molecular weight excluding hydrogens is 380 g/mol. The fourth-order valence-electron chi connectivity index (χ4n) is 4.29. The van der Waals surface area contributed by atoms with Gasteiger partial charge in [0.1, 0.15) is 23.2 Å². The number of rotatable bonds is 1. The van der Waals surface area contributed by atoms with Gasteiger partial charge in [0.25, 0.3) is 0 Å². The van der Waals surface area contributed by atoms with Crippen molar-refractivity contribution in [3.8, 4) is 22.6 Å². The highest BCUT2D eigenvalue weighted by Gasteiger charge is 2.40. The lowest BCUT2D eigenvalue weighted by Crippen LogP contribution is -2.34. The predicted octanol–water partition coefficient (Wildman–Crippen LogP) is 5.09. The highest BCUT2D eigenvalue weighted by molar-refractivity contribution is 6.04. The number of ether oxygens (including phenoxy) is 2. The van der Waals surface area contributed by atoms with Gasteiger partial charge in [-0.15, -0.1) is 0 Å². The second kappa shape index (κ2) is 6.47. The van der Waals surface area contributed by atoms with Crippen molar-refractivity contribution in [2.75, 3.05) is 0 Å². The van der Waals surface area contributed by atoms with Gasteiger partial charge in [0.15, 0.2) is 5.58 Å². The molecule has 5 heteroatoms. The summed E-state index contributed by atoms with van der Waals surface area (Å²) in [4.78, 5) is 12.6. The van der Waals surface area contributed by atoms with Crippen LogP contribution in [0.25, 0.3) is 28.2 Å². The number of hydrogen-bond acceptors (Lipinski definition) is 5. The van der Waals surface area contributed by atoms with Crippen LogP contribution in [-0.4, -0.2) is 16.8 Å². The first kappa shape index (κ1) is 18.9. The van der Waals surface area contributed by atoms with E-state index in [-0.39, 0.29) is 12.0 Å². The van der Waals surface area contributed by atoms with Crippen LogP contribution in [0.4, 0.5) is 0 Å². The van der Waals surface area contributed by atoms with Gasteiger partial charge >= 0.3 is 5.63 Å². The second-order valence-electron chi connectivity index (χ2n) is 8.70. The maximum absolute atomic E-state index is 12.6. The number of aliphatic hydroxyl groups is 1. The number of hydrogen-bond donors (Lipinski definition) is 1. The van der Waals surface area contributed by atoms with Gasteiger partial charge in [0.2, 0.25) is 0 Å². The fraction of sp³-hybridized carbons (Fsp3) is 0.320. The van der Waals surface area contributed by atoms with Crippen molar-refractivity contribution in [2.24, 2.45) is 5.92 Å². The Morgan fingerprint density at radius 2 is 1.80 bits per heavy atom. The van der Waals surface area contributed by atoms with E-state index in [1.165, 1.54) is 6.07 Å². The molecule has 154 valence electrons. The minimum Gasteiger partial charge on any atom is -0.489 e. The lowest BCUT2D eigenvalue weighted by molar-refractivity contribution is 0.0173. The first-order valence-corrected chi connectivity index (χ1v) is 10.2. The molecule has 30 heavy (non-hydrogen) atoms. The van der Waals surface area contributed by atoms with Gasteiger partial charge < -0.3 is 19.0 Å². The summed E-state index contributed by atoms with van der Waals surface area (Å²) < 4.78 is 18.3. The Morgan fingerprint density at radius 1 is 1.07 bits per heavy atom. The summed E-state index contributed by atoms with van der Waals surface area (Å²) in [6, 6.07) is 11.2. The molecule has 2 aliphatic rings. The zero-order chi connectivity index (χ0) is 21.2. The largest absolute Gasteiger partial charge is 0.489 e. The van der Waals surface area contributed by atoms with Crippen LogP contribution >= 0.6 is 0 Å². The van der Waals surface area contributed by atoms with Gasteiger partial charge in [-0.25, -0.2) is 4.79 Å². The molecule has 0 unspecified atom stereocenters. The SMILES string of the molecule is C[C@@H]1[C@H](O)c2c(c3c(c4c(-c5ccccc5)cc(=O)oc24)OC(C)(C)C=C3)O[C@@H]1C. The zero-order valence-corrected chi connectivity index (χ0v) is 17.4. The summed E-state index contributed by atoms with van der Waals surface area (Å²) in [5.74, 6) is 0.970. The quantitative estimate of drug-likeness (QED) is 0.572. The summed E-state index contributed by atoms with van der Waals surface area (Å²) in [7, 11) is 0. The molecule has 0 amide bonds. The van der Waals surface area contributed by atoms with Crippen molar-refractivity contribution in [3.05, 3.63) is 64.0 Å². The van der Waals surface area contributed by atoms with Gasteiger partial charge in [0, 0.05) is 17.5 Å². The summed E-state index contributed by atoms with van der Waals surface area (Å²) in [6.07, 6.45) is 2.93. The van der Waals surface area contributed by atoms with E-state index >= 15 is 0 Å². The Labute approximate surface area is 174 Å². The van der Waals surface area contributed by atoms with Gasteiger partial charge in [-0.1, -0.05) is 37.3 Å². The summed E-state index contributed by atoms with van der Waals surface area (Å²) >= 11 is 0.